The van der Waals surface area contributed by atoms with Crippen LogP contribution in [0.1, 0.15) is 27.7 Å². The van der Waals surface area contributed by atoms with Crippen molar-refractivity contribution >= 4 is 12.1 Å². The number of hydrogen-bond donors (Lipinski definition) is 2. The molecule has 2 saturated heterocycles. The Morgan fingerprint density at radius 2 is 2.00 bits per heavy atom. The van der Waals surface area contributed by atoms with Gasteiger partial charge in [0, 0.05) is 6.92 Å². The molecular weight excluding hydrogens is 282 g/mol. The Morgan fingerprint density at radius 1 is 1.38 bits per heavy atom. The molecule has 2 N–H and O–H groups in total. The lowest BCUT2D eigenvalue weighted by molar-refractivity contribution is -0.161. The fourth-order valence-corrected chi connectivity index (χ4v) is 2.46. The highest BCUT2D eigenvalue weighted by Gasteiger charge is 2.53. The van der Waals surface area contributed by atoms with Gasteiger partial charge in [0.25, 0.3) is 0 Å². The van der Waals surface area contributed by atoms with Gasteiger partial charge in [-0.2, -0.15) is 0 Å². The van der Waals surface area contributed by atoms with Crippen molar-refractivity contribution in [1.82, 2.24) is 4.90 Å². The van der Waals surface area contributed by atoms with Crippen molar-refractivity contribution in [3.8, 4) is 0 Å². The molecule has 8 nitrogen and oxygen atoms in total. The summed E-state index contributed by atoms with van der Waals surface area (Å²) >= 11 is 0. The van der Waals surface area contributed by atoms with Gasteiger partial charge in [0.1, 0.15) is 12.2 Å². The summed E-state index contributed by atoms with van der Waals surface area (Å²) in [7, 11) is 0. The third-order valence-electron chi connectivity index (χ3n) is 3.16. The summed E-state index contributed by atoms with van der Waals surface area (Å²) in [5, 5.41) is 18.1. The summed E-state index contributed by atoms with van der Waals surface area (Å²) in [6.07, 6.45) is -1.68. The first kappa shape index (κ1) is 17.7. The predicted octanol–water partition coefficient (Wildman–Crippen LogP) is 0.430. The Hall–Kier alpha value is -1.38. The summed E-state index contributed by atoms with van der Waals surface area (Å²) in [5.41, 5.74) is 0. The normalized spacial score (nSPS) is 29.4. The fourth-order valence-electron chi connectivity index (χ4n) is 2.46. The van der Waals surface area contributed by atoms with Gasteiger partial charge in [-0.05, 0) is 20.8 Å². The monoisotopic (exact) mass is 305 g/mol. The van der Waals surface area contributed by atoms with Crippen LogP contribution in [-0.2, 0) is 19.0 Å². The molecule has 2 aliphatic rings. The molecule has 122 valence electrons. The SMILES string of the molecule is CC1(C)O[C@H]2[C@@H](CO)N(C(=O)O)C[C@H]2O1.CCOC(C)=O. The summed E-state index contributed by atoms with van der Waals surface area (Å²) < 4.78 is 15.5. The molecule has 2 fully saturated rings. The molecule has 0 saturated carbocycles. The van der Waals surface area contributed by atoms with Crippen molar-refractivity contribution < 1.29 is 34.0 Å². The molecule has 0 radical (unpaired) electrons. The third-order valence-corrected chi connectivity index (χ3v) is 3.16. The highest BCUT2D eigenvalue weighted by Crippen LogP contribution is 2.36. The van der Waals surface area contributed by atoms with Crippen molar-refractivity contribution in [3.63, 3.8) is 0 Å². The fraction of sp³-hybridized carbons (Fsp3) is 0.846. The zero-order chi connectivity index (χ0) is 16.2. The number of carbonyl (C=O) groups excluding carboxylic acids is 1. The molecule has 0 aromatic heterocycles. The van der Waals surface area contributed by atoms with E-state index in [0.29, 0.717) is 6.61 Å². The first-order chi connectivity index (χ1) is 9.71. The molecule has 8 heteroatoms. The molecule has 21 heavy (non-hydrogen) atoms. The summed E-state index contributed by atoms with van der Waals surface area (Å²) in [4.78, 5) is 21.9. The molecule has 2 aliphatic heterocycles. The standard InChI is InChI=1S/C9H15NO5.C4H8O2/c1-9(2)14-6-3-10(8(12)13)5(4-11)7(6)15-9;1-3-6-4(2)5/h5-7,11H,3-4H2,1-2H3,(H,12,13);3H2,1-2H3/t5-,6-,7+;/m1./s1. The lowest BCUT2D eigenvalue weighted by Crippen LogP contribution is -2.43. The lowest BCUT2D eigenvalue weighted by atomic mass is 10.1. The van der Waals surface area contributed by atoms with E-state index in [2.05, 4.69) is 4.74 Å². The summed E-state index contributed by atoms with van der Waals surface area (Å²) in [5.74, 6) is -0.898. The van der Waals surface area contributed by atoms with E-state index >= 15 is 0 Å². The number of likely N-dealkylation sites (tertiary alicyclic amines) is 1. The molecule has 0 aromatic carbocycles. The Kier molecular flexibility index (Phi) is 5.94. The Labute approximate surface area is 123 Å². The molecule has 2 heterocycles. The van der Waals surface area contributed by atoms with Crippen LogP contribution in [0.15, 0.2) is 0 Å². The van der Waals surface area contributed by atoms with E-state index in [1.165, 1.54) is 11.8 Å². The second-order valence-corrected chi connectivity index (χ2v) is 5.25. The van der Waals surface area contributed by atoms with E-state index in [0.717, 1.165) is 0 Å². The van der Waals surface area contributed by atoms with Crippen molar-refractivity contribution in [2.45, 2.75) is 51.7 Å². The maximum absolute atomic E-state index is 10.9. The van der Waals surface area contributed by atoms with Crippen LogP contribution in [0.3, 0.4) is 0 Å². The largest absolute Gasteiger partial charge is 0.466 e. The number of amides is 1. The molecule has 1 amide bonds. The van der Waals surface area contributed by atoms with Gasteiger partial charge in [-0.25, -0.2) is 4.79 Å². The number of ether oxygens (including phenoxy) is 3. The van der Waals surface area contributed by atoms with Gasteiger partial charge in [0.15, 0.2) is 5.79 Å². The number of esters is 1. The minimum atomic E-state index is -1.05. The van der Waals surface area contributed by atoms with Gasteiger partial charge in [-0.3, -0.25) is 9.69 Å². The topological polar surface area (TPSA) is 106 Å². The number of fused-ring (bicyclic) bond motifs is 1. The second kappa shape index (κ2) is 7.06. The Balaban J connectivity index is 0.000000315. The second-order valence-electron chi connectivity index (χ2n) is 5.25. The lowest BCUT2D eigenvalue weighted by Gasteiger charge is -2.26. The molecule has 0 spiro atoms. The quantitative estimate of drug-likeness (QED) is 0.713. The van der Waals surface area contributed by atoms with E-state index in [1.54, 1.807) is 20.8 Å². The van der Waals surface area contributed by atoms with Gasteiger partial charge < -0.3 is 24.4 Å². The summed E-state index contributed by atoms with van der Waals surface area (Å²) in [6.45, 7) is 7.23. The van der Waals surface area contributed by atoms with Gasteiger partial charge in [-0.1, -0.05) is 0 Å². The Morgan fingerprint density at radius 3 is 2.38 bits per heavy atom. The first-order valence-electron chi connectivity index (χ1n) is 6.81. The molecule has 0 aromatic rings. The number of carbonyl (C=O) groups is 2. The van der Waals surface area contributed by atoms with Crippen LogP contribution >= 0.6 is 0 Å². The number of aliphatic hydroxyl groups is 1. The highest BCUT2D eigenvalue weighted by molar-refractivity contribution is 5.66. The molecule has 3 atom stereocenters. The van der Waals surface area contributed by atoms with Crippen LogP contribution in [0.4, 0.5) is 4.79 Å². The van der Waals surface area contributed by atoms with Gasteiger partial charge in [0.2, 0.25) is 0 Å². The van der Waals surface area contributed by atoms with E-state index < -0.39 is 17.9 Å². The van der Waals surface area contributed by atoms with Crippen LogP contribution < -0.4 is 0 Å². The number of rotatable bonds is 2. The van der Waals surface area contributed by atoms with Crippen LogP contribution in [-0.4, -0.2) is 71.0 Å². The number of hydrogen-bond acceptors (Lipinski definition) is 6. The van der Waals surface area contributed by atoms with E-state index in [-0.39, 0.29) is 31.3 Å². The van der Waals surface area contributed by atoms with Gasteiger partial charge >= 0.3 is 12.1 Å². The first-order valence-corrected chi connectivity index (χ1v) is 6.81. The average molecular weight is 305 g/mol. The predicted molar refractivity (Wildman–Crippen MR) is 71.7 cm³/mol. The minimum Gasteiger partial charge on any atom is -0.466 e. The smallest absolute Gasteiger partial charge is 0.407 e. The van der Waals surface area contributed by atoms with Gasteiger partial charge in [-0.15, -0.1) is 0 Å². The van der Waals surface area contributed by atoms with Crippen LogP contribution in [0, 0.1) is 0 Å². The van der Waals surface area contributed by atoms with Crippen molar-refractivity contribution in [1.29, 1.82) is 0 Å². The van der Waals surface area contributed by atoms with Crippen LogP contribution in [0.2, 0.25) is 0 Å². The van der Waals surface area contributed by atoms with Crippen molar-refractivity contribution in [2.24, 2.45) is 0 Å². The summed E-state index contributed by atoms with van der Waals surface area (Å²) in [6, 6.07) is -0.519. The Bertz CT molecular complexity index is 385. The molecule has 0 bridgehead atoms. The van der Waals surface area contributed by atoms with Crippen LogP contribution in [0.5, 0.6) is 0 Å². The van der Waals surface area contributed by atoms with E-state index in [4.69, 9.17) is 19.7 Å². The maximum atomic E-state index is 10.9. The average Bonchev–Trinajstić information content (AvgIpc) is 2.80. The number of carboxylic acid groups (broad SMARTS) is 1. The number of aliphatic hydroxyl groups excluding tert-OH is 1. The van der Waals surface area contributed by atoms with E-state index in [9.17, 15) is 9.59 Å². The van der Waals surface area contributed by atoms with Gasteiger partial charge in [0.05, 0.1) is 25.8 Å². The number of nitrogens with zero attached hydrogens (tertiary/aromatic N) is 1. The molecular formula is C13H23NO7. The minimum absolute atomic E-state index is 0.211. The molecule has 0 aliphatic carbocycles. The highest BCUT2D eigenvalue weighted by atomic mass is 16.8. The maximum Gasteiger partial charge on any atom is 0.407 e. The third kappa shape index (κ3) is 4.55. The molecule has 0 unspecified atom stereocenters. The zero-order valence-corrected chi connectivity index (χ0v) is 12.7. The van der Waals surface area contributed by atoms with E-state index in [1.807, 2.05) is 0 Å². The van der Waals surface area contributed by atoms with Crippen molar-refractivity contribution in [2.75, 3.05) is 19.8 Å². The van der Waals surface area contributed by atoms with Crippen molar-refractivity contribution in [3.05, 3.63) is 0 Å². The molecule has 2 rings (SSSR count). The van der Waals surface area contributed by atoms with Crippen LogP contribution in [0.25, 0.3) is 0 Å². The zero-order valence-electron chi connectivity index (χ0n) is 12.7.